The number of hydrogen-bond donors (Lipinski definition) is 0. The molecule has 1 aliphatic carbocycles. The third kappa shape index (κ3) is 4.66. The molecule has 2 aromatic heterocycles. The fraction of sp³-hybridized carbons (Fsp3) is 0. The highest BCUT2D eigenvalue weighted by Crippen LogP contribution is 2.50. The van der Waals surface area contributed by atoms with E-state index in [1.807, 2.05) is 36.4 Å². The molecule has 246 valence electrons. The smallest absolute Gasteiger partial charge is 0.164 e. The van der Waals surface area contributed by atoms with Crippen molar-refractivity contribution in [2.75, 3.05) is 0 Å². The Morgan fingerprint density at radius 3 is 1.62 bits per heavy atom. The van der Waals surface area contributed by atoms with Crippen LogP contribution in [0.4, 0.5) is 0 Å². The van der Waals surface area contributed by atoms with Crippen molar-refractivity contribution in [3.63, 3.8) is 0 Å². The predicted molar refractivity (Wildman–Crippen MR) is 216 cm³/mol. The summed E-state index contributed by atoms with van der Waals surface area (Å²) in [5.74, 6) is 1.82. The summed E-state index contributed by atoms with van der Waals surface area (Å²) in [7, 11) is 0. The van der Waals surface area contributed by atoms with Crippen LogP contribution in [0.15, 0.2) is 180 Å². The molecule has 0 aliphatic heterocycles. The first-order valence-corrected chi connectivity index (χ1v) is 17.9. The molecule has 0 spiro atoms. The average Bonchev–Trinajstić information content (AvgIpc) is 3.78. The van der Waals surface area contributed by atoms with E-state index in [-0.39, 0.29) is 0 Å². The van der Waals surface area contributed by atoms with E-state index in [1.54, 1.807) is 0 Å². The number of para-hydroxylation sites is 1. The normalized spacial score (nSPS) is 11.8. The first-order valence-electron chi connectivity index (χ1n) is 17.9. The lowest BCUT2D eigenvalue weighted by molar-refractivity contribution is 0.669. The SMILES string of the molecule is c1ccc(-c2cccc(-c3nc(-c4ccccc4-c4ccc5c6c(cccc46)-c4ccccc4-5)nc(-c4cccc5oc6ccccc6c45)n3)c2)cc1. The number of rotatable bonds is 5. The Hall–Kier alpha value is -7.17. The van der Waals surface area contributed by atoms with Gasteiger partial charge in [-0.1, -0.05) is 158 Å². The van der Waals surface area contributed by atoms with Gasteiger partial charge in [0.25, 0.3) is 0 Å². The van der Waals surface area contributed by atoms with Crippen molar-refractivity contribution in [2.24, 2.45) is 0 Å². The monoisotopic (exact) mass is 675 g/mol. The standard InChI is InChI=1S/C49H29N3O/c1-2-13-30(14-3-1)31-15-10-16-32(29-31)47-50-48(52-49(51-47)42-24-12-26-44-46(42)41-21-8-9-25-43(41)53-44)40-20-7-6-19-35(40)36-27-28-39-34-18-5-4-17-33(34)37-22-11-23-38(36)45(37)39/h1-29H. The van der Waals surface area contributed by atoms with E-state index in [0.29, 0.717) is 17.5 Å². The molecule has 11 rings (SSSR count). The van der Waals surface area contributed by atoms with E-state index in [4.69, 9.17) is 19.4 Å². The molecule has 8 aromatic carbocycles. The van der Waals surface area contributed by atoms with Gasteiger partial charge < -0.3 is 4.42 Å². The summed E-state index contributed by atoms with van der Waals surface area (Å²) in [6.07, 6.45) is 0. The minimum atomic E-state index is 0.595. The van der Waals surface area contributed by atoms with Crippen molar-refractivity contribution >= 4 is 32.7 Å². The predicted octanol–water partition coefficient (Wildman–Crippen LogP) is 12.9. The molecule has 2 heterocycles. The molecule has 0 fully saturated rings. The zero-order valence-corrected chi connectivity index (χ0v) is 28.5. The van der Waals surface area contributed by atoms with Crippen LogP contribution in [0, 0.1) is 0 Å². The molecule has 0 atom stereocenters. The summed E-state index contributed by atoms with van der Waals surface area (Å²) >= 11 is 0. The zero-order chi connectivity index (χ0) is 34.9. The summed E-state index contributed by atoms with van der Waals surface area (Å²) < 4.78 is 6.30. The van der Waals surface area contributed by atoms with Crippen LogP contribution in [0.25, 0.3) is 111 Å². The zero-order valence-electron chi connectivity index (χ0n) is 28.5. The largest absolute Gasteiger partial charge is 0.456 e. The molecule has 0 unspecified atom stereocenters. The van der Waals surface area contributed by atoms with Gasteiger partial charge in [0.1, 0.15) is 11.2 Å². The number of nitrogens with zero attached hydrogens (tertiary/aromatic N) is 3. The van der Waals surface area contributed by atoms with Gasteiger partial charge in [0.2, 0.25) is 0 Å². The van der Waals surface area contributed by atoms with E-state index < -0.39 is 0 Å². The highest BCUT2D eigenvalue weighted by Gasteiger charge is 2.24. The first kappa shape index (κ1) is 29.5. The maximum Gasteiger partial charge on any atom is 0.164 e. The fourth-order valence-electron chi connectivity index (χ4n) is 8.13. The van der Waals surface area contributed by atoms with Crippen LogP contribution in [-0.2, 0) is 0 Å². The summed E-state index contributed by atoms with van der Waals surface area (Å²) in [4.78, 5) is 15.8. The van der Waals surface area contributed by atoms with E-state index in [1.165, 1.54) is 33.0 Å². The summed E-state index contributed by atoms with van der Waals surface area (Å²) in [5.41, 5.74) is 14.0. The van der Waals surface area contributed by atoms with Gasteiger partial charge in [0.15, 0.2) is 17.5 Å². The van der Waals surface area contributed by atoms with Crippen LogP contribution >= 0.6 is 0 Å². The molecular weight excluding hydrogens is 647 g/mol. The second-order valence-electron chi connectivity index (χ2n) is 13.5. The lowest BCUT2D eigenvalue weighted by atomic mass is 9.91. The van der Waals surface area contributed by atoms with Crippen molar-refractivity contribution < 1.29 is 4.42 Å². The van der Waals surface area contributed by atoms with Gasteiger partial charge in [-0.25, -0.2) is 15.0 Å². The quantitative estimate of drug-likeness (QED) is 0.182. The van der Waals surface area contributed by atoms with Crippen LogP contribution in [0.1, 0.15) is 0 Å². The minimum absolute atomic E-state index is 0.595. The van der Waals surface area contributed by atoms with E-state index in [9.17, 15) is 0 Å². The van der Waals surface area contributed by atoms with Crippen LogP contribution in [0.5, 0.6) is 0 Å². The van der Waals surface area contributed by atoms with Crippen molar-refractivity contribution in [1.29, 1.82) is 0 Å². The van der Waals surface area contributed by atoms with Crippen molar-refractivity contribution in [1.82, 2.24) is 15.0 Å². The third-order valence-corrected chi connectivity index (χ3v) is 10.5. The molecule has 4 heteroatoms. The molecule has 53 heavy (non-hydrogen) atoms. The Kier molecular flexibility index (Phi) is 6.52. The lowest BCUT2D eigenvalue weighted by Crippen LogP contribution is -2.01. The van der Waals surface area contributed by atoms with Gasteiger partial charge in [-0.15, -0.1) is 0 Å². The van der Waals surface area contributed by atoms with E-state index in [2.05, 4.69) is 140 Å². The van der Waals surface area contributed by atoms with Gasteiger partial charge in [0.05, 0.1) is 0 Å². The summed E-state index contributed by atoms with van der Waals surface area (Å²) in [6.45, 7) is 0. The topological polar surface area (TPSA) is 51.8 Å². The molecule has 0 N–H and O–H groups in total. The number of fused-ring (bicyclic) bond motifs is 6. The van der Waals surface area contributed by atoms with Crippen LogP contribution < -0.4 is 0 Å². The maximum atomic E-state index is 6.30. The van der Waals surface area contributed by atoms with E-state index >= 15 is 0 Å². The number of benzene rings is 8. The molecule has 0 amide bonds. The van der Waals surface area contributed by atoms with Crippen molar-refractivity contribution in [2.45, 2.75) is 0 Å². The Labute approximate surface area is 305 Å². The molecule has 0 radical (unpaired) electrons. The molecule has 0 saturated heterocycles. The van der Waals surface area contributed by atoms with Gasteiger partial charge in [-0.3, -0.25) is 0 Å². The first-order chi connectivity index (χ1) is 26.3. The molecule has 0 bridgehead atoms. The Bertz CT molecular complexity index is 3040. The van der Waals surface area contributed by atoms with Crippen molar-refractivity contribution in [3.8, 4) is 78.7 Å². The molecule has 1 aliphatic rings. The minimum Gasteiger partial charge on any atom is -0.456 e. The van der Waals surface area contributed by atoms with Gasteiger partial charge in [0, 0.05) is 27.5 Å². The second kappa shape index (κ2) is 11.7. The number of furan rings is 1. The third-order valence-electron chi connectivity index (χ3n) is 10.5. The molecular formula is C49H29N3O. The fourth-order valence-corrected chi connectivity index (χ4v) is 8.13. The Morgan fingerprint density at radius 1 is 0.283 bits per heavy atom. The highest BCUT2D eigenvalue weighted by atomic mass is 16.3. The van der Waals surface area contributed by atoms with Crippen molar-refractivity contribution in [3.05, 3.63) is 176 Å². The van der Waals surface area contributed by atoms with Crippen LogP contribution in [-0.4, -0.2) is 15.0 Å². The lowest BCUT2D eigenvalue weighted by Gasteiger charge is -2.15. The maximum absolute atomic E-state index is 6.30. The molecule has 0 saturated carbocycles. The van der Waals surface area contributed by atoms with Crippen LogP contribution in [0.2, 0.25) is 0 Å². The summed E-state index contributed by atoms with van der Waals surface area (Å²) in [5, 5.41) is 4.52. The number of aromatic nitrogens is 3. The Morgan fingerprint density at radius 2 is 0.792 bits per heavy atom. The summed E-state index contributed by atoms with van der Waals surface area (Å²) in [6, 6.07) is 61.5. The second-order valence-corrected chi connectivity index (χ2v) is 13.5. The Balaban J connectivity index is 1.16. The molecule has 10 aromatic rings. The van der Waals surface area contributed by atoms with Crippen LogP contribution in [0.3, 0.4) is 0 Å². The van der Waals surface area contributed by atoms with Gasteiger partial charge in [-0.2, -0.15) is 0 Å². The van der Waals surface area contributed by atoms with E-state index in [0.717, 1.165) is 60.9 Å². The van der Waals surface area contributed by atoms with Gasteiger partial charge >= 0.3 is 0 Å². The number of hydrogen-bond acceptors (Lipinski definition) is 4. The highest BCUT2D eigenvalue weighted by molar-refractivity contribution is 6.19. The van der Waals surface area contributed by atoms with Gasteiger partial charge in [-0.05, 0) is 73.5 Å². The average molecular weight is 676 g/mol. The molecule has 4 nitrogen and oxygen atoms in total.